The Bertz CT molecular complexity index is 2040. The molecule has 0 aliphatic carbocycles. The fraction of sp³-hybridized carbons (Fsp3) is 0.326. The highest BCUT2D eigenvalue weighted by atomic mass is 16.6. The van der Waals surface area contributed by atoms with Gasteiger partial charge in [0.15, 0.2) is 0 Å². The van der Waals surface area contributed by atoms with E-state index < -0.39 is 23.4 Å². The first-order valence-electron chi connectivity index (χ1n) is 17.8. The monoisotopic (exact) mass is 744 g/mol. The van der Waals surface area contributed by atoms with Crippen molar-refractivity contribution < 1.29 is 28.7 Å². The average molecular weight is 745 g/mol. The van der Waals surface area contributed by atoms with Crippen LogP contribution in [0.1, 0.15) is 117 Å². The van der Waals surface area contributed by atoms with E-state index in [-0.39, 0.29) is 69.9 Å². The Morgan fingerprint density at radius 3 is 1.33 bits per heavy atom. The van der Waals surface area contributed by atoms with Crippen molar-refractivity contribution in [2.24, 2.45) is 10.8 Å². The minimum Gasteiger partial charge on any atom is -0.456 e. The third kappa shape index (κ3) is 14.2. The van der Waals surface area contributed by atoms with Crippen molar-refractivity contribution in [3.63, 3.8) is 0 Å². The Morgan fingerprint density at radius 1 is 0.527 bits per heavy atom. The number of carbonyl (C=O) groups is 5. The van der Waals surface area contributed by atoms with Gasteiger partial charge in [-0.3, -0.25) is 19.2 Å². The second-order valence-corrected chi connectivity index (χ2v) is 16.4. The van der Waals surface area contributed by atoms with E-state index in [0.717, 1.165) is 0 Å². The summed E-state index contributed by atoms with van der Waals surface area (Å²) in [6.07, 6.45) is 0.562. The van der Waals surface area contributed by atoms with Crippen molar-refractivity contribution in [2.75, 3.05) is 21.3 Å². The van der Waals surface area contributed by atoms with Crippen LogP contribution in [0.25, 0.3) is 0 Å². The Labute approximate surface area is 322 Å². The van der Waals surface area contributed by atoms with E-state index in [1.165, 1.54) is 18.2 Å². The van der Waals surface area contributed by atoms with E-state index in [1.807, 2.05) is 41.5 Å². The smallest absolute Gasteiger partial charge is 0.338 e. The predicted molar refractivity (Wildman–Crippen MR) is 214 cm³/mol. The van der Waals surface area contributed by atoms with Crippen LogP contribution in [0, 0.1) is 22.7 Å². The van der Waals surface area contributed by atoms with Gasteiger partial charge in [-0.25, -0.2) is 14.8 Å². The maximum Gasteiger partial charge on any atom is 0.338 e. The predicted octanol–water partition coefficient (Wildman–Crippen LogP) is 8.09. The summed E-state index contributed by atoms with van der Waals surface area (Å²) in [5, 5.41) is 11.0. The van der Waals surface area contributed by atoms with Gasteiger partial charge >= 0.3 is 5.97 Å². The van der Waals surface area contributed by atoms with Crippen molar-refractivity contribution in [1.29, 1.82) is 0 Å². The number of pyridine rings is 2. The first-order valence-corrected chi connectivity index (χ1v) is 17.8. The van der Waals surface area contributed by atoms with Crippen molar-refractivity contribution in [1.82, 2.24) is 9.97 Å². The van der Waals surface area contributed by atoms with Gasteiger partial charge in [0.2, 0.25) is 11.8 Å². The molecule has 0 unspecified atom stereocenters. The maximum atomic E-state index is 13.6. The number of aromatic nitrogens is 2. The van der Waals surface area contributed by atoms with Crippen LogP contribution in [-0.4, -0.2) is 45.2 Å². The van der Waals surface area contributed by atoms with Crippen LogP contribution >= 0.6 is 0 Å². The van der Waals surface area contributed by atoms with Crippen molar-refractivity contribution in [3.05, 3.63) is 107 Å². The lowest BCUT2D eigenvalue weighted by Crippen LogP contribution is -2.23. The standard InChI is InChI=1S/C43H48N6O6/c1-41(2,3)25-36(50)46-32-12-10-14-34(44-32)48-38(52)30-22-28(17-16-27-18-20-29(21-19-27)40(54)55-43(7,8)9)23-31(24-30)39(53)49-35-15-11-13-33(45-35)47-37(51)26-42(4,5)6/h10-15,18-24H,25-26H2,1-9H3,(H2,44,46,48,50,52)(H2,45,47,49,51,53). The number of hydrogen-bond acceptors (Lipinski definition) is 8. The van der Waals surface area contributed by atoms with E-state index in [9.17, 15) is 24.0 Å². The molecule has 2 aromatic carbocycles. The zero-order chi connectivity index (χ0) is 40.6. The topological polar surface area (TPSA) is 168 Å². The molecule has 0 saturated heterocycles. The molecule has 0 fully saturated rings. The lowest BCUT2D eigenvalue weighted by molar-refractivity contribution is -0.118. The molecule has 0 radical (unpaired) electrons. The van der Waals surface area contributed by atoms with Crippen LogP contribution in [0.3, 0.4) is 0 Å². The van der Waals surface area contributed by atoms with Crippen molar-refractivity contribution in [3.8, 4) is 11.8 Å². The molecule has 2 heterocycles. The van der Waals surface area contributed by atoms with Gasteiger partial charge in [0, 0.05) is 35.1 Å². The molecule has 0 spiro atoms. The summed E-state index contributed by atoms with van der Waals surface area (Å²) in [6, 6.07) is 20.7. The molecule has 55 heavy (non-hydrogen) atoms. The highest BCUT2D eigenvalue weighted by molar-refractivity contribution is 6.09. The average Bonchev–Trinajstić information content (AvgIpc) is 3.05. The number of hydrogen-bond donors (Lipinski definition) is 4. The van der Waals surface area contributed by atoms with Crippen LogP contribution < -0.4 is 21.3 Å². The Balaban J connectivity index is 1.61. The van der Waals surface area contributed by atoms with E-state index >= 15 is 0 Å². The summed E-state index contributed by atoms with van der Waals surface area (Å²) >= 11 is 0. The first kappa shape index (κ1) is 41.4. The van der Waals surface area contributed by atoms with Gasteiger partial charge < -0.3 is 26.0 Å². The van der Waals surface area contributed by atoms with Gasteiger partial charge in [0.05, 0.1) is 5.56 Å². The Hall–Kier alpha value is -6.35. The molecular formula is C43H48N6O6. The largest absolute Gasteiger partial charge is 0.456 e. The van der Waals surface area contributed by atoms with Gasteiger partial charge in [-0.15, -0.1) is 0 Å². The molecule has 2 aromatic heterocycles. The summed E-state index contributed by atoms with van der Waals surface area (Å²) in [5.41, 5.74) is 0.430. The lowest BCUT2D eigenvalue weighted by Gasteiger charge is -2.19. The third-order valence-electron chi connectivity index (χ3n) is 7.23. The summed E-state index contributed by atoms with van der Waals surface area (Å²) in [5.74, 6) is 4.90. The number of nitrogens with zero attached hydrogens (tertiary/aromatic N) is 2. The number of rotatable bonds is 9. The highest BCUT2D eigenvalue weighted by Crippen LogP contribution is 2.22. The zero-order valence-corrected chi connectivity index (χ0v) is 32.8. The summed E-state index contributed by atoms with van der Waals surface area (Å²) < 4.78 is 5.43. The molecule has 4 rings (SSSR count). The van der Waals surface area contributed by atoms with Gasteiger partial charge in [-0.05, 0) is 98.3 Å². The van der Waals surface area contributed by atoms with Gasteiger partial charge in [-0.2, -0.15) is 0 Å². The number of carbonyl (C=O) groups excluding carboxylic acids is 5. The number of benzene rings is 2. The summed E-state index contributed by atoms with van der Waals surface area (Å²) in [4.78, 5) is 73.4. The van der Waals surface area contributed by atoms with Gasteiger partial charge in [0.25, 0.3) is 11.8 Å². The van der Waals surface area contributed by atoms with Crippen LogP contribution in [0.2, 0.25) is 0 Å². The van der Waals surface area contributed by atoms with Gasteiger partial charge in [0.1, 0.15) is 28.9 Å². The molecule has 0 atom stereocenters. The van der Waals surface area contributed by atoms with Crippen LogP contribution in [-0.2, 0) is 14.3 Å². The molecule has 0 saturated carbocycles. The second-order valence-electron chi connectivity index (χ2n) is 16.4. The minimum atomic E-state index is -0.640. The Morgan fingerprint density at radius 2 is 0.927 bits per heavy atom. The van der Waals surface area contributed by atoms with Crippen LogP contribution in [0.5, 0.6) is 0 Å². The summed E-state index contributed by atoms with van der Waals surface area (Å²) in [6.45, 7) is 17.1. The number of anilines is 4. The Kier molecular flexibility index (Phi) is 12.9. The fourth-order valence-corrected chi connectivity index (χ4v) is 5.00. The molecule has 0 aliphatic heterocycles. The molecule has 4 N–H and O–H groups in total. The molecule has 12 heteroatoms. The number of amides is 4. The molecule has 0 bridgehead atoms. The maximum absolute atomic E-state index is 13.6. The van der Waals surface area contributed by atoms with Gasteiger partial charge in [-0.1, -0.05) is 65.5 Å². The quantitative estimate of drug-likeness (QED) is 0.0985. The molecule has 12 nitrogen and oxygen atoms in total. The molecule has 286 valence electrons. The van der Waals surface area contributed by atoms with Crippen LogP contribution in [0.4, 0.5) is 23.3 Å². The highest BCUT2D eigenvalue weighted by Gasteiger charge is 2.20. The van der Waals surface area contributed by atoms with E-state index in [4.69, 9.17) is 4.74 Å². The minimum absolute atomic E-state index is 0.109. The molecule has 4 amide bonds. The first-order chi connectivity index (χ1) is 25.6. The van der Waals surface area contributed by atoms with Crippen molar-refractivity contribution >= 4 is 52.9 Å². The molecular weight excluding hydrogens is 697 g/mol. The fourth-order valence-electron chi connectivity index (χ4n) is 5.00. The van der Waals surface area contributed by atoms with E-state index in [0.29, 0.717) is 16.7 Å². The molecule has 4 aromatic rings. The lowest BCUT2D eigenvalue weighted by atomic mass is 9.92. The number of esters is 1. The number of ether oxygens (including phenoxy) is 1. The second kappa shape index (κ2) is 17.2. The van der Waals surface area contributed by atoms with Crippen LogP contribution in [0.15, 0.2) is 78.9 Å². The third-order valence-corrected chi connectivity index (χ3v) is 7.23. The van der Waals surface area contributed by atoms with E-state index in [1.54, 1.807) is 81.4 Å². The summed E-state index contributed by atoms with van der Waals surface area (Å²) in [7, 11) is 0. The zero-order valence-electron chi connectivity index (χ0n) is 32.8. The normalized spacial score (nSPS) is 11.4. The SMILES string of the molecule is CC(C)(C)CC(=O)Nc1cccc(NC(=O)c2cc(C#Cc3ccc(C(=O)OC(C)(C)C)cc3)cc(C(=O)Nc3cccc(NC(=O)CC(C)(C)C)n3)c2)n1. The number of nitrogens with one attached hydrogen (secondary N) is 4. The van der Waals surface area contributed by atoms with E-state index in [2.05, 4.69) is 43.1 Å². The van der Waals surface area contributed by atoms with Crippen molar-refractivity contribution in [2.45, 2.75) is 80.8 Å². The molecule has 0 aliphatic rings.